The van der Waals surface area contributed by atoms with Crippen molar-refractivity contribution in [2.24, 2.45) is 0 Å². The van der Waals surface area contributed by atoms with Gasteiger partial charge in [0.2, 0.25) is 0 Å². The second-order valence-electron chi connectivity index (χ2n) is 13.9. The molecule has 0 radical (unpaired) electrons. The van der Waals surface area contributed by atoms with Gasteiger partial charge in [-0.2, -0.15) is 0 Å². The molecule has 0 aliphatic carbocycles. The van der Waals surface area contributed by atoms with E-state index in [1.807, 2.05) is 0 Å². The van der Waals surface area contributed by atoms with E-state index in [1.54, 1.807) is 0 Å². The zero-order chi connectivity index (χ0) is 34.9. The maximum absolute atomic E-state index is 5.24. The molecule has 0 spiro atoms. The monoisotopic (exact) mass is 673 g/mol. The van der Waals surface area contributed by atoms with Crippen LogP contribution < -0.4 is 0 Å². The Labute approximate surface area is 306 Å². The van der Waals surface area contributed by atoms with E-state index in [9.17, 15) is 0 Å². The molecular formula is C50H31N3. The van der Waals surface area contributed by atoms with Gasteiger partial charge in [-0.25, -0.2) is 9.97 Å². The second-order valence-corrected chi connectivity index (χ2v) is 13.9. The molecule has 3 heteroatoms. The molecule has 0 saturated heterocycles. The second kappa shape index (κ2) is 11.7. The third kappa shape index (κ3) is 4.97. The quantitative estimate of drug-likeness (QED) is 0.186. The molecule has 11 aromatic rings. The van der Waals surface area contributed by atoms with Crippen LogP contribution in [0.3, 0.4) is 0 Å². The van der Waals surface area contributed by atoms with Gasteiger partial charge in [-0.15, -0.1) is 0 Å². The highest BCUT2D eigenvalue weighted by Crippen LogP contribution is 2.37. The summed E-state index contributed by atoms with van der Waals surface area (Å²) in [5, 5.41) is 12.1. The molecule has 2 aromatic heterocycles. The predicted octanol–water partition coefficient (Wildman–Crippen LogP) is 13.2. The van der Waals surface area contributed by atoms with Gasteiger partial charge in [0, 0.05) is 33.2 Å². The summed E-state index contributed by atoms with van der Waals surface area (Å²) in [6.07, 6.45) is 0. The number of para-hydroxylation sites is 1. The molecule has 0 amide bonds. The third-order valence-corrected chi connectivity index (χ3v) is 10.7. The van der Waals surface area contributed by atoms with Crippen LogP contribution in [0.2, 0.25) is 0 Å². The zero-order valence-electron chi connectivity index (χ0n) is 28.7. The Bertz CT molecular complexity index is 3150. The van der Waals surface area contributed by atoms with E-state index in [4.69, 9.17) is 9.97 Å². The van der Waals surface area contributed by atoms with E-state index in [0.29, 0.717) is 5.82 Å². The number of nitrogens with zero attached hydrogens (tertiary/aromatic N) is 3. The summed E-state index contributed by atoms with van der Waals surface area (Å²) < 4.78 is 2.40. The molecule has 0 N–H and O–H groups in total. The van der Waals surface area contributed by atoms with E-state index in [0.717, 1.165) is 39.2 Å². The normalized spacial score (nSPS) is 11.8. The smallest absolute Gasteiger partial charge is 0.160 e. The molecule has 9 aromatic carbocycles. The molecule has 0 aliphatic rings. The minimum Gasteiger partial charge on any atom is -0.309 e. The van der Waals surface area contributed by atoms with Crippen LogP contribution >= 0.6 is 0 Å². The number of aromatic nitrogens is 3. The van der Waals surface area contributed by atoms with E-state index in [2.05, 4.69) is 193 Å². The SMILES string of the molecule is c1ccc2cc(-c3cc(-c4ccc5ccccc5c4)nc(-c4ccc5ccc(-n6c7ccccc7c7cc8ccccc8cc76)cc5c4)n3)ccc2c1. The molecule has 2 heterocycles. The maximum Gasteiger partial charge on any atom is 0.160 e. The molecule has 0 unspecified atom stereocenters. The Kier molecular flexibility index (Phi) is 6.55. The summed E-state index contributed by atoms with van der Waals surface area (Å²) in [4.78, 5) is 10.5. The summed E-state index contributed by atoms with van der Waals surface area (Å²) in [7, 11) is 0. The lowest BCUT2D eigenvalue weighted by Gasteiger charge is -2.12. The summed E-state index contributed by atoms with van der Waals surface area (Å²) in [6, 6.07) is 67.6. The largest absolute Gasteiger partial charge is 0.309 e. The van der Waals surface area contributed by atoms with Gasteiger partial charge in [-0.05, 0) is 97.7 Å². The molecule has 11 rings (SSSR count). The van der Waals surface area contributed by atoms with Gasteiger partial charge >= 0.3 is 0 Å². The van der Waals surface area contributed by atoms with Gasteiger partial charge in [-0.1, -0.05) is 133 Å². The average Bonchev–Trinajstić information content (AvgIpc) is 3.55. The molecule has 0 saturated carbocycles. The molecule has 0 atom stereocenters. The van der Waals surface area contributed by atoms with E-state index in [-0.39, 0.29) is 0 Å². The van der Waals surface area contributed by atoms with E-state index >= 15 is 0 Å². The fourth-order valence-electron chi connectivity index (χ4n) is 8.02. The lowest BCUT2D eigenvalue weighted by atomic mass is 10.0. The minimum atomic E-state index is 0.703. The zero-order valence-corrected chi connectivity index (χ0v) is 28.7. The fourth-order valence-corrected chi connectivity index (χ4v) is 8.02. The molecule has 0 aliphatic heterocycles. The van der Waals surface area contributed by atoms with Crippen molar-refractivity contribution in [1.29, 1.82) is 0 Å². The fraction of sp³-hybridized carbons (Fsp3) is 0. The third-order valence-electron chi connectivity index (χ3n) is 10.7. The number of hydrogen-bond acceptors (Lipinski definition) is 2. The van der Waals surface area contributed by atoms with Crippen LogP contribution in [-0.4, -0.2) is 14.5 Å². The average molecular weight is 674 g/mol. The van der Waals surface area contributed by atoms with Crippen LogP contribution in [0.4, 0.5) is 0 Å². The Hall–Kier alpha value is -7.10. The van der Waals surface area contributed by atoms with Gasteiger partial charge in [0.25, 0.3) is 0 Å². The lowest BCUT2D eigenvalue weighted by molar-refractivity contribution is 1.18. The molecular weight excluding hydrogens is 643 g/mol. The highest BCUT2D eigenvalue weighted by molar-refractivity contribution is 6.13. The Morgan fingerprint density at radius 3 is 1.45 bits per heavy atom. The minimum absolute atomic E-state index is 0.703. The first kappa shape index (κ1) is 29.6. The van der Waals surface area contributed by atoms with Crippen molar-refractivity contribution in [2.45, 2.75) is 0 Å². The van der Waals surface area contributed by atoms with Crippen molar-refractivity contribution in [3.05, 3.63) is 188 Å². The van der Waals surface area contributed by atoms with Gasteiger partial charge in [0.05, 0.1) is 22.4 Å². The highest BCUT2D eigenvalue weighted by atomic mass is 15.0. The summed E-state index contributed by atoms with van der Waals surface area (Å²) in [6.45, 7) is 0. The molecule has 53 heavy (non-hydrogen) atoms. The number of fused-ring (bicyclic) bond motifs is 7. The van der Waals surface area contributed by atoms with Crippen molar-refractivity contribution in [3.63, 3.8) is 0 Å². The topological polar surface area (TPSA) is 30.7 Å². The van der Waals surface area contributed by atoms with Crippen LogP contribution in [0.1, 0.15) is 0 Å². The summed E-state index contributed by atoms with van der Waals surface area (Å²) in [5.74, 6) is 0.703. The first-order valence-electron chi connectivity index (χ1n) is 18.1. The van der Waals surface area contributed by atoms with Crippen molar-refractivity contribution in [1.82, 2.24) is 14.5 Å². The standard InChI is InChI=1S/C50H31N3/c1-3-11-35-25-39(20-17-32(35)9-1)46-31-47(40-21-18-33-10-2-4-12-36(33)26-40)52-50(51-46)41-22-19-34-23-24-43(28-42(34)27-41)53-48-16-8-7-15-44(48)45-29-37-13-5-6-14-38(37)30-49(45)53/h1-31H. The number of benzene rings is 9. The molecule has 246 valence electrons. The van der Waals surface area contributed by atoms with Crippen molar-refractivity contribution < 1.29 is 0 Å². The number of rotatable bonds is 4. The van der Waals surface area contributed by atoms with Crippen LogP contribution in [0.5, 0.6) is 0 Å². The lowest BCUT2D eigenvalue weighted by Crippen LogP contribution is -1.97. The van der Waals surface area contributed by atoms with Crippen LogP contribution in [0.15, 0.2) is 188 Å². The van der Waals surface area contributed by atoms with Gasteiger partial charge in [-0.3, -0.25) is 0 Å². The molecule has 0 fully saturated rings. The van der Waals surface area contributed by atoms with Crippen LogP contribution in [0.25, 0.3) is 104 Å². The van der Waals surface area contributed by atoms with Crippen LogP contribution in [-0.2, 0) is 0 Å². The first-order valence-corrected chi connectivity index (χ1v) is 18.1. The first-order chi connectivity index (χ1) is 26.2. The molecule has 0 bridgehead atoms. The van der Waals surface area contributed by atoms with E-state index < -0.39 is 0 Å². The van der Waals surface area contributed by atoms with Crippen molar-refractivity contribution in [2.75, 3.05) is 0 Å². The van der Waals surface area contributed by atoms with Gasteiger partial charge in [0.15, 0.2) is 5.82 Å². The Balaban J connectivity index is 1.09. The summed E-state index contributed by atoms with van der Waals surface area (Å²) >= 11 is 0. The maximum atomic E-state index is 5.24. The van der Waals surface area contributed by atoms with E-state index in [1.165, 1.54) is 59.5 Å². The predicted molar refractivity (Wildman–Crippen MR) is 223 cm³/mol. The van der Waals surface area contributed by atoms with Crippen molar-refractivity contribution in [3.8, 4) is 39.6 Å². The Morgan fingerprint density at radius 2 is 0.792 bits per heavy atom. The van der Waals surface area contributed by atoms with Crippen molar-refractivity contribution >= 4 is 64.9 Å². The number of hydrogen-bond donors (Lipinski definition) is 0. The summed E-state index contributed by atoms with van der Waals surface area (Å²) in [5.41, 5.74) is 8.43. The van der Waals surface area contributed by atoms with Gasteiger partial charge in [0.1, 0.15) is 0 Å². The van der Waals surface area contributed by atoms with Gasteiger partial charge < -0.3 is 4.57 Å². The Morgan fingerprint density at radius 1 is 0.302 bits per heavy atom. The highest BCUT2D eigenvalue weighted by Gasteiger charge is 2.16. The molecule has 3 nitrogen and oxygen atoms in total. The van der Waals surface area contributed by atoms with Crippen LogP contribution in [0, 0.1) is 0 Å².